The van der Waals surface area contributed by atoms with Crippen LogP contribution in [0.25, 0.3) is 33.2 Å². The van der Waals surface area contributed by atoms with Gasteiger partial charge in [-0.15, -0.1) is 0 Å². The van der Waals surface area contributed by atoms with Crippen LogP contribution < -0.4 is 5.19 Å². The number of nitrogens with zero attached hydrogens (tertiary/aromatic N) is 1. The van der Waals surface area contributed by atoms with Crippen LogP contribution in [-0.2, 0) is 0 Å². The molecule has 0 spiro atoms. The molecule has 0 unspecified atom stereocenters. The number of fused-ring (bicyclic) bond motifs is 3. The molecule has 25 heavy (non-hydrogen) atoms. The molecule has 0 aliphatic heterocycles. The molecule has 0 fully saturated rings. The van der Waals surface area contributed by atoms with E-state index in [-0.39, 0.29) is 0 Å². The standard InChI is InChI=1S/C22H23NOSi/c1-14-12-18(23-13-15(14)2)16-10-11-20(25(3,4)5)21-17-8-6-7-9-19(17)24-22(16)21/h6-13H,1-5H3. The molecule has 2 aromatic carbocycles. The Morgan fingerprint density at radius 2 is 1.68 bits per heavy atom. The zero-order valence-corrected chi connectivity index (χ0v) is 16.5. The number of aryl methyl sites for hydroxylation is 2. The van der Waals surface area contributed by atoms with Gasteiger partial charge in [-0.1, -0.05) is 43.9 Å². The van der Waals surface area contributed by atoms with E-state index in [2.05, 4.69) is 74.9 Å². The van der Waals surface area contributed by atoms with Crippen LogP contribution >= 0.6 is 0 Å². The summed E-state index contributed by atoms with van der Waals surface area (Å²) in [4.78, 5) is 4.67. The molecule has 0 N–H and O–H groups in total. The Bertz CT molecular complexity index is 1100. The Balaban J connectivity index is 2.12. The first-order valence-electron chi connectivity index (χ1n) is 8.74. The molecule has 2 nitrogen and oxygen atoms in total. The third kappa shape index (κ3) is 2.59. The largest absolute Gasteiger partial charge is 0.455 e. The Kier molecular flexibility index (Phi) is 3.58. The maximum absolute atomic E-state index is 6.33. The van der Waals surface area contributed by atoms with Crippen LogP contribution in [0.4, 0.5) is 0 Å². The maximum atomic E-state index is 6.33. The Hall–Kier alpha value is -2.39. The van der Waals surface area contributed by atoms with E-state index in [1.54, 1.807) is 0 Å². The highest BCUT2D eigenvalue weighted by Gasteiger charge is 2.24. The van der Waals surface area contributed by atoms with Crippen LogP contribution in [0.3, 0.4) is 0 Å². The van der Waals surface area contributed by atoms with Crippen LogP contribution in [0.15, 0.2) is 53.1 Å². The molecule has 4 rings (SSSR count). The Labute approximate surface area is 149 Å². The van der Waals surface area contributed by atoms with E-state index in [1.807, 2.05) is 12.3 Å². The summed E-state index contributed by atoms with van der Waals surface area (Å²) in [5.41, 5.74) is 6.45. The van der Waals surface area contributed by atoms with Gasteiger partial charge >= 0.3 is 0 Å². The van der Waals surface area contributed by atoms with E-state index in [0.29, 0.717) is 0 Å². The zero-order valence-electron chi connectivity index (χ0n) is 15.5. The van der Waals surface area contributed by atoms with Gasteiger partial charge < -0.3 is 4.42 Å². The van der Waals surface area contributed by atoms with Gasteiger partial charge in [0, 0.05) is 22.5 Å². The fourth-order valence-electron chi connectivity index (χ4n) is 3.43. The molecule has 0 radical (unpaired) electrons. The predicted molar refractivity (Wildman–Crippen MR) is 109 cm³/mol. The fraction of sp³-hybridized carbons (Fsp3) is 0.227. The summed E-state index contributed by atoms with van der Waals surface area (Å²) in [7, 11) is -1.50. The summed E-state index contributed by atoms with van der Waals surface area (Å²) in [5.74, 6) is 0. The SMILES string of the molecule is Cc1cnc(-c2ccc([Si](C)(C)C)c3c2oc2ccccc23)cc1C. The van der Waals surface area contributed by atoms with E-state index in [1.165, 1.54) is 27.1 Å². The number of benzene rings is 2. The van der Waals surface area contributed by atoms with Gasteiger partial charge in [0.25, 0.3) is 0 Å². The summed E-state index contributed by atoms with van der Waals surface area (Å²) in [5, 5.41) is 3.92. The minimum Gasteiger partial charge on any atom is -0.455 e. The lowest BCUT2D eigenvalue weighted by atomic mass is 10.0. The van der Waals surface area contributed by atoms with Crippen molar-refractivity contribution in [3.8, 4) is 11.3 Å². The zero-order chi connectivity index (χ0) is 17.8. The van der Waals surface area contributed by atoms with E-state index in [9.17, 15) is 0 Å². The molecule has 0 bridgehead atoms. The number of rotatable bonds is 2. The molecule has 0 aliphatic rings. The van der Waals surface area contributed by atoms with Gasteiger partial charge in [-0.2, -0.15) is 0 Å². The molecule has 0 atom stereocenters. The molecular formula is C22H23NOSi. The molecule has 4 aromatic rings. The van der Waals surface area contributed by atoms with Crippen LogP contribution in [-0.4, -0.2) is 13.1 Å². The lowest BCUT2D eigenvalue weighted by Crippen LogP contribution is -2.37. The summed E-state index contributed by atoms with van der Waals surface area (Å²) < 4.78 is 6.33. The van der Waals surface area contributed by atoms with Crippen molar-refractivity contribution >= 4 is 35.2 Å². The second-order valence-corrected chi connectivity index (χ2v) is 12.9. The van der Waals surface area contributed by atoms with Crippen molar-refractivity contribution in [1.29, 1.82) is 0 Å². The van der Waals surface area contributed by atoms with Gasteiger partial charge in [-0.05, 0) is 48.4 Å². The van der Waals surface area contributed by atoms with Crippen molar-refractivity contribution in [3.05, 3.63) is 59.8 Å². The van der Waals surface area contributed by atoms with Gasteiger partial charge in [0.1, 0.15) is 11.2 Å². The number of hydrogen-bond donors (Lipinski definition) is 0. The first kappa shape index (κ1) is 16.1. The molecule has 0 saturated heterocycles. The van der Waals surface area contributed by atoms with Gasteiger partial charge in [0.05, 0.1) is 13.8 Å². The quantitative estimate of drug-likeness (QED) is 0.428. The van der Waals surface area contributed by atoms with Crippen molar-refractivity contribution in [2.45, 2.75) is 33.5 Å². The topological polar surface area (TPSA) is 26.0 Å². The number of para-hydroxylation sites is 1. The molecule has 0 aliphatic carbocycles. The van der Waals surface area contributed by atoms with E-state index >= 15 is 0 Å². The second kappa shape index (κ2) is 5.56. The highest BCUT2D eigenvalue weighted by molar-refractivity contribution is 6.90. The van der Waals surface area contributed by atoms with Gasteiger partial charge in [-0.3, -0.25) is 4.98 Å². The summed E-state index contributed by atoms with van der Waals surface area (Å²) in [6.45, 7) is 11.4. The number of furan rings is 1. The van der Waals surface area contributed by atoms with Crippen molar-refractivity contribution in [2.75, 3.05) is 0 Å². The molecule has 0 amide bonds. The Morgan fingerprint density at radius 1 is 0.920 bits per heavy atom. The highest BCUT2D eigenvalue weighted by atomic mass is 28.3. The van der Waals surface area contributed by atoms with Crippen LogP contribution in [0, 0.1) is 13.8 Å². The van der Waals surface area contributed by atoms with E-state index < -0.39 is 8.07 Å². The minimum atomic E-state index is -1.50. The van der Waals surface area contributed by atoms with Gasteiger partial charge in [0.15, 0.2) is 0 Å². The van der Waals surface area contributed by atoms with Crippen molar-refractivity contribution in [1.82, 2.24) is 4.98 Å². The molecule has 2 aromatic heterocycles. The van der Waals surface area contributed by atoms with Crippen LogP contribution in [0.1, 0.15) is 11.1 Å². The summed E-state index contributed by atoms with van der Waals surface area (Å²) in [6.07, 6.45) is 1.95. The molecule has 0 saturated carbocycles. The molecular weight excluding hydrogens is 322 g/mol. The van der Waals surface area contributed by atoms with Crippen LogP contribution in [0.5, 0.6) is 0 Å². The molecule has 126 valence electrons. The Morgan fingerprint density at radius 3 is 2.40 bits per heavy atom. The first-order valence-corrected chi connectivity index (χ1v) is 12.2. The number of hydrogen-bond acceptors (Lipinski definition) is 2. The summed E-state index contributed by atoms with van der Waals surface area (Å²) in [6, 6.07) is 15.0. The van der Waals surface area contributed by atoms with Crippen molar-refractivity contribution in [3.63, 3.8) is 0 Å². The monoisotopic (exact) mass is 345 g/mol. The van der Waals surface area contributed by atoms with Crippen LogP contribution in [0.2, 0.25) is 19.6 Å². The predicted octanol–water partition coefficient (Wildman–Crippen LogP) is 5.81. The number of pyridine rings is 1. The first-order chi connectivity index (χ1) is 11.9. The smallest absolute Gasteiger partial charge is 0.144 e. The second-order valence-electron chi connectivity index (χ2n) is 7.87. The fourth-order valence-corrected chi connectivity index (χ4v) is 5.01. The van der Waals surface area contributed by atoms with Crippen molar-refractivity contribution < 1.29 is 4.42 Å². The number of aromatic nitrogens is 1. The highest BCUT2D eigenvalue weighted by Crippen LogP contribution is 2.35. The third-order valence-corrected chi connectivity index (χ3v) is 7.02. The maximum Gasteiger partial charge on any atom is 0.144 e. The minimum absolute atomic E-state index is 0.952. The van der Waals surface area contributed by atoms with E-state index in [4.69, 9.17) is 4.42 Å². The van der Waals surface area contributed by atoms with Gasteiger partial charge in [0.2, 0.25) is 0 Å². The average Bonchev–Trinajstić information content (AvgIpc) is 2.95. The lowest BCUT2D eigenvalue weighted by molar-refractivity contribution is 0.670. The molecule has 3 heteroatoms. The summed E-state index contributed by atoms with van der Waals surface area (Å²) >= 11 is 0. The molecule has 2 heterocycles. The average molecular weight is 346 g/mol. The van der Waals surface area contributed by atoms with E-state index in [0.717, 1.165) is 22.4 Å². The normalized spacial score (nSPS) is 12.2. The third-order valence-electron chi connectivity index (χ3n) is 4.98. The van der Waals surface area contributed by atoms with Crippen molar-refractivity contribution in [2.24, 2.45) is 0 Å². The van der Waals surface area contributed by atoms with Gasteiger partial charge in [-0.25, -0.2) is 0 Å². The lowest BCUT2D eigenvalue weighted by Gasteiger charge is -2.19.